The zero-order chi connectivity index (χ0) is 7.40. The van der Waals surface area contributed by atoms with Crippen molar-refractivity contribution in [3.05, 3.63) is 37.8 Å². The summed E-state index contributed by atoms with van der Waals surface area (Å²) in [5.41, 5.74) is 0. The smallest absolute Gasteiger partial charge is 0.00745 e. The van der Waals surface area contributed by atoms with E-state index in [1.807, 2.05) is 17.8 Å². The van der Waals surface area contributed by atoms with Crippen molar-refractivity contribution in [3.63, 3.8) is 0 Å². The van der Waals surface area contributed by atoms with Crippen molar-refractivity contribution in [1.82, 2.24) is 0 Å². The standard InChI is InChI=1S/C9H12S.CH3.3Y/c1-8(2)10-9-6-4-3-5-7-9;;;;/h3-8H,1-2H3;1H3;;;/q;-1;;;. The summed E-state index contributed by atoms with van der Waals surface area (Å²) < 4.78 is 0. The van der Waals surface area contributed by atoms with E-state index in [9.17, 15) is 0 Å². The maximum absolute atomic E-state index is 2.21. The molecular weight excluding hydrogens is 419 g/mol. The van der Waals surface area contributed by atoms with Gasteiger partial charge in [0.2, 0.25) is 0 Å². The first-order chi connectivity index (χ1) is 4.79. The summed E-state index contributed by atoms with van der Waals surface area (Å²) in [7, 11) is 0. The van der Waals surface area contributed by atoms with Gasteiger partial charge in [-0.05, 0) is 12.1 Å². The second-order valence-corrected chi connectivity index (χ2v) is 4.13. The molecule has 0 saturated heterocycles. The van der Waals surface area contributed by atoms with Crippen molar-refractivity contribution < 1.29 is 98.1 Å². The number of thioether (sulfide) groups is 1. The molecule has 0 spiro atoms. The van der Waals surface area contributed by atoms with E-state index in [1.54, 1.807) is 0 Å². The van der Waals surface area contributed by atoms with Gasteiger partial charge >= 0.3 is 0 Å². The minimum Gasteiger partial charge on any atom is -0.358 e. The van der Waals surface area contributed by atoms with Gasteiger partial charge < -0.3 is 7.43 Å². The number of rotatable bonds is 2. The zero-order valence-electron chi connectivity index (χ0n) is 9.10. The van der Waals surface area contributed by atoms with Crippen molar-refractivity contribution >= 4 is 11.8 Å². The molecule has 0 unspecified atom stereocenters. The van der Waals surface area contributed by atoms with E-state index in [1.165, 1.54) is 4.90 Å². The molecule has 0 aliphatic heterocycles. The Morgan fingerprint density at radius 1 is 0.929 bits per heavy atom. The first-order valence-corrected chi connectivity index (χ1v) is 4.38. The van der Waals surface area contributed by atoms with E-state index >= 15 is 0 Å². The molecule has 0 N–H and O–H groups in total. The summed E-state index contributed by atoms with van der Waals surface area (Å²) in [6.45, 7) is 4.41. The van der Waals surface area contributed by atoms with Crippen LogP contribution in [-0.4, -0.2) is 5.25 Å². The van der Waals surface area contributed by atoms with Crippen LogP contribution in [0.1, 0.15) is 13.8 Å². The summed E-state index contributed by atoms with van der Waals surface area (Å²) in [6, 6.07) is 10.5. The molecule has 0 bridgehead atoms. The molecule has 0 nitrogen and oxygen atoms in total. The molecule has 0 aromatic heterocycles. The molecule has 1 aromatic carbocycles. The van der Waals surface area contributed by atoms with Gasteiger partial charge in [-0.1, -0.05) is 32.0 Å². The Bertz CT molecular complexity index is 190. The first kappa shape index (κ1) is 25.7. The van der Waals surface area contributed by atoms with E-state index in [0.717, 1.165) is 0 Å². The van der Waals surface area contributed by atoms with Crippen LogP contribution in [0.25, 0.3) is 0 Å². The van der Waals surface area contributed by atoms with Gasteiger partial charge in [0.05, 0.1) is 0 Å². The van der Waals surface area contributed by atoms with Crippen molar-refractivity contribution in [1.29, 1.82) is 0 Å². The molecule has 0 aliphatic carbocycles. The Hall–Kier alpha value is 2.88. The average molecular weight is 434 g/mol. The molecule has 71 valence electrons. The molecule has 0 amide bonds. The van der Waals surface area contributed by atoms with Crippen LogP contribution in [0.2, 0.25) is 0 Å². The van der Waals surface area contributed by atoms with Crippen LogP contribution >= 0.6 is 11.8 Å². The van der Waals surface area contributed by atoms with Gasteiger partial charge in [-0.3, -0.25) is 0 Å². The van der Waals surface area contributed by atoms with Crippen LogP contribution in [0, 0.1) is 7.43 Å². The molecule has 0 atom stereocenters. The van der Waals surface area contributed by atoms with Crippen molar-refractivity contribution in [2.24, 2.45) is 0 Å². The summed E-state index contributed by atoms with van der Waals surface area (Å²) >= 11 is 1.90. The summed E-state index contributed by atoms with van der Waals surface area (Å²) in [5, 5.41) is 0.683. The largest absolute Gasteiger partial charge is 0.358 e. The number of hydrogen-bond acceptors (Lipinski definition) is 1. The molecule has 3 radical (unpaired) electrons. The van der Waals surface area contributed by atoms with Gasteiger partial charge in [0.25, 0.3) is 0 Å². The molecule has 0 saturated carbocycles. The van der Waals surface area contributed by atoms with Crippen LogP contribution in [0.4, 0.5) is 0 Å². The van der Waals surface area contributed by atoms with Gasteiger partial charge in [0, 0.05) is 108 Å². The molecular formula is C10H15SY3-. The van der Waals surface area contributed by atoms with Gasteiger partial charge in [-0.15, -0.1) is 11.8 Å². The molecule has 0 aliphatic rings. The van der Waals surface area contributed by atoms with Crippen LogP contribution < -0.4 is 0 Å². The Kier molecular flexibility index (Phi) is 29.1. The van der Waals surface area contributed by atoms with Gasteiger partial charge in [0.15, 0.2) is 0 Å². The third-order valence-corrected chi connectivity index (χ3v) is 2.13. The van der Waals surface area contributed by atoms with Crippen LogP contribution in [-0.2, 0) is 98.1 Å². The minimum atomic E-state index is 0. The molecule has 0 fully saturated rings. The fourth-order valence-electron chi connectivity index (χ4n) is 0.771. The van der Waals surface area contributed by atoms with E-state index in [4.69, 9.17) is 0 Å². The van der Waals surface area contributed by atoms with Gasteiger partial charge in [-0.2, -0.15) is 0 Å². The van der Waals surface area contributed by atoms with Crippen LogP contribution in [0.5, 0.6) is 0 Å². The molecule has 1 aromatic rings. The first-order valence-electron chi connectivity index (χ1n) is 3.51. The summed E-state index contributed by atoms with van der Waals surface area (Å²) in [5.74, 6) is 0. The fourth-order valence-corrected chi connectivity index (χ4v) is 1.63. The maximum atomic E-state index is 2.21. The van der Waals surface area contributed by atoms with Crippen molar-refractivity contribution in [2.45, 2.75) is 24.0 Å². The van der Waals surface area contributed by atoms with E-state index in [2.05, 4.69) is 38.1 Å². The number of benzene rings is 1. The summed E-state index contributed by atoms with van der Waals surface area (Å²) in [6.07, 6.45) is 0. The predicted molar refractivity (Wildman–Crippen MR) is 53.8 cm³/mol. The fraction of sp³-hybridized carbons (Fsp3) is 0.300. The van der Waals surface area contributed by atoms with E-state index in [0.29, 0.717) is 5.25 Å². The molecule has 4 heteroatoms. The third-order valence-electron chi connectivity index (χ3n) is 1.11. The second kappa shape index (κ2) is 15.9. The van der Waals surface area contributed by atoms with Crippen molar-refractivity contribution in [2.75, 3.05) is 0 Å². The topological polar surface area (TPSA) is 0 Å². The van der Waals surface area contributed by atoms with Gasteiger partial charge in [0.1, 0.15) is 0 Å². The van der Waals surface area contributed by atoms with E-state index < -0.39 is 0 Å². The SMILES string of the molecule is CC(C)Sc1ccccc1.[CH3-].[Y].[Y].[Y]. The van der Waals surface area contributed by atoms with Gasteiger partial charge in [-0.25, -0.2) is 0 Å². The normalized spacial score (nSPS) is 7.36. The van der Waals surface area contributed by atoms with E-state index in [-0.39, 0.29) is 106 Å². The number of hydrogen-bond donors (Lipinski definition) is 0. The Morgan fingerprint density at radius 2 is 1.36 bits per heavy atom. The van der Waals surface area contributed by atoms with Crippen molar-refractivity contribution in [3.8, 4) is 0 Å². The molecule has 14 heavy (non-hydrogen) atoms. The summed E-state index contributed by atoms with van der Waals surface area (Å²) in [4.78, 5) is 1.36. The average Bonchev–Trinajstić information content (AvgIpc) is 1.88. The predicted octanol–water partition coefficient (Wildman–Crippen LogP) is 3.63. The molecule has 1 rings (SSSR count). The third kappa shape index (κ3) is 12.9. The Morgan fingerprint density at radius 3 is 1.71 bits per heavy atom. The Balaban J connectivity index is -0.000000125. The van der Waals surface area contributed by atoms with Crippen LogP contribution in [0.15, 0.2) is 35.2 Å². The second-order valence-electron chi connectivity index (χ2n) is 2.48. The molecule has 0 heterocycles. The minimum absolute atomic E-state index is 0. The quantitative estimate of drug-likeness (QED) is 0.507. The van der Waals surface area contributed by atoms with Crippen LogP contribution in [0.3, 0.4) is 0 Å². The monoisotopic (exact) mass is 434 g/mol. The maximum Gasteiger partial charge on any atom is 0.00745 e. The Labute approximate surface area is 168 Å². The zero-order valence-corrected chi connectivity index (χ0v) is 18.4.